The summed E-state index contributed by atoms with van der Waals surface area (Å²) in [5.74, 6) is 0.0431. The Morgan fingerprint density at radius 3 is 2.21 bits per heavy atom. The average molecular weight is 341 g/mol. The normalized spacial score (nSPS) is 31.0. The molecule has 0 atom stereocenters. The van der Waals surface area contributed by atoms with Crippen LogP contribution in [-0.2, 0) is 11.2 Å². The largest absolute Gasteiger partial charge is 0.393 e. The molecular formula is C18H22F3NO2. The first kappa shape index (κ1) is 17.3. The summed E-state index contributed by atoms with van der Waals surface area (Å²) in [6.45, 7) is 2.38. The fraction of sp³-hybridized carbons (Fsp3) is 0.611. The van der Waals surface area contributed by atoms with Crippen molar-refractivity contribution in [1.29, 1.82) is 0 Å². The molecule has 1 spiro atoms. The number of carbonyl (C=O) groups excluding carboxylic acids is 1. The summed E-state index contributed by atoms with van der Waals surface area (Å²) < 4.78 is 37.3. The van der Waals surface area contributed by atoms with E-state index in [0.717, 1.165) is 6.42 Å². The standard InChI is InChI=1S/C18H22F3NO2/c1-16(24)6-8-17(9-7-16)10-11-22(15(17)23)14-4-2-13(3-5-14)12-18(19,20)21/h2-5,24H,6-12H2,1H3. The van der Waals surface area contributed by atoms with Gasteiger partial charge in [-0.25, -0.2) is 0 Å². The minimum absolute atomic E-state index is 0.0431. The SMILES string of the molecule is CC1(O)CCC2(CCN(c3ccc(CC(F)(F)F)cc3)C2=O)CC1. The Morgan fingerprint density at radius 1 is 1.08 bits per heavy atom. The number of hydrogen-bond acceptors (Lipinski definition) is 2. The van der Waals surface area contributed by atoms with Gasteiger partial charge in [0, 0.05) is 12.2 Å². The summed E-state index contributed by atoms with van der Waals surface area (Å²) >= 11 is 0. The molecule has 0 unspecified atom stereocenters. The molecule has 1 aromatic rings. The minimum atomic E-state index is -4.23. The first-order valence-corrected chi connectivity index (χ1v) is 8.30. The van der Waals surface area contributed by atoms with E-state index in [0.29, 0.717) is 37.9 Å². The highest BCUT2D eigenvalue weighted by Crippen LogP contribution is 2.48. The molecule has 1 saturated heterocycles. The van der Waals surface area contributed by atoms with Crippen LogP contribution in [0.25, 0.3) is 0 Å². The van der Waals surface area contributed by atoms with Gasteiger partial charge in [0.2, 0.25) is 5.91 Å². The first-order chi connectivity index (χ1) is 11.1. The lowest BCUT2D eigenvalue weighted by Gasteiger charge is -2.39. The number of anilines is 1. The monoisotopic (exact) mass is 341 g/mol. The van der Waals surface area contributed by atoms with Crippen LogP contribution in [0.4, 0.5) is 18.9 Å². The Balaban J connectivity index is 1.72. The van der Waals surface area contributed by atoms with E-state index in [1.807, 2.05) is 0 Å². The number of halogens is 3. The molecule has 1 saturated carbocycles. The van der Waals surface area contributed by atoms with Crippen molar-refractivity contribution in [3.63, 3.8) is 0 Å². The van der Waals surface area contributed by atoms with E-state index in [9.17, 15) is 23.1 Å². The summed E-state index contributed by atoms with van der Waals surface area (Å²) in [5, 5.41) is 10.1. The van der Waals surface area contributed by atoms with E-state index >= 15 is 0 Å². The quantitative estimate of drug-likeness (QED) is 0.888. The van der Waals surface area contributed by atoms with E-state index in [2.05, 4.69) is 0 Å². The van der Waals surface area contributed by atoms with Crippen molar-refractivity contribution >= 4 is 11.6 Å². The maximum absolute atomic E-state index is 12.9. The van der Waals surface area contributed by atoms with Crippen molar-refractivity contribution in [3.05, 3.63) is 29.8 Å². The fourth-order valence-electron chi connectivity index (χ4n) is 3.82. The van der Waals surface area contributed by atoms with Gasteiger partial charge in [-0.3, -0.25) is 4.79 Å². The number of alkyl halides is 3. The third-order valence-electron chi connectivity index (χ3n) is 5.45. The molecule has 1 N–H and O–H groups in total. The highest BCUT2D eigenvalue weighted by atomic mass is 19.4. The van der Waals surface area contributed by atoms with Gasteiger partial charge in [-0.2, -0.15) is 13.2 Å². The van der Waals surface area contributed by atoms with Crippen LogP contribution in [0.1, 0.15) is 44.6 Å². The van der Waals surface area contributed by atoms with E-state index < -0.39 is 23.6 Å². The van der Waals surface area contributed by atoms with E-state index in [-0.39, 0.29) is 11.5 Å². The lowest BCUT2D eigenvalue weighted by atomic mass is 9.68. The highest BCUT2D eigenvalue weighted by molar-refractivity contribution is 6.00. The topological polar surface area (TPSA) is 40.5 Å². The minimum Gasteiger partial charge on any atom is -0.390 e. The number of amides is 1. The third-order valence-corrected chi connectivity index (χ3v) is 5.45. The predicted molar refractivity (Wildman–Crippen MR) is 84.7 cm³/mol. The van der Waals surface area contributed by atoms with Crippen molar-refractivity contribution in [3.8, 4) is 0 Å². The maximum atomic E-state index is 12.9. The second-order valence-electron chi connectivity index (χ2n) is 7.44. The van der Waals surface area contributed by atoms with Crippen LogP contribution in [0.15, 0.2) is 24.3 Å². The zero-order valence-electron chi connectivity index (χ0n) is 13.7. The summed E-state index contributed by atoms with van der Waals surface area (Å²) in [6, 6.07) is 6.06. The zero-order chi connectivity index (χ0) is 17.6. The van der Waals surface area contributed by atoms with Gasteiger partial charge in [-0.15, -0.1) is 0 Å². The molecule has 1 aliphatic carbocycles. The molecule has 3 nitrogen and oxygen atoms in total. The van der Waals surface area contributed by atoms with Crippen LogP contribution in [0.5, 0.6) is 0 Å². The van der Waals surface area contributed by atoms with Crippen LogP contribution in [0.3, 0.4) is 0 Å². The first-order valence-electron chi connectivity index (χ1n) is 8.30. The lowest BCUT2D eigenvalue weighted by molar-refractivity contribution is -0.130. The summed E-state index contributed by atoms with van der Waals surface area (Å²) in [6.07, 6.45) is -1.89. The summed E-state index contributed by atoms with van der Waals surface area (Å²) in [7, 11) is 0. The molecule has 1 aliphatic heterocycles. The zero-order valence-corrected chi connectivity index (χ0v) is 13.7. The second-order valence-corrected chi connectivity index (χ2v) is 7.44. The molecule has 0 radical (unpaired) electrons. The van der Waals surface area contributed by atoms with Gasteiger partial charge in [-0.1, -0.05) is 12.1 Å². The van der Waals surface area contributed by atoms with Crippen molar-refractivity contribution in [2.75, 3.05) is 11.4 Å². The van der Waals surface area contributed by atoms with Crippen molar-refractivity contribution in [1.82, 2.24) is 0 Å². The number of rotatable bonds is 2. The van der Waals surface area contributed by atoms with Gasteiger partial charge in [0.25, 0.3) is 0 Å². The van der Waals surface area contributed by atoms with Gasteiger partial charge in [0.05, 0.1) is 17.4 Å². The van der Waals surface area contributed by atoms with Crippen molar-refractivity contribution < 1.29 is 23.1 Å². The van der Waals surface area contributed by atoms with Gasteiger partial charge in [-0.05, 0) is 56.7 Å². The third kappa shape index (κ3) is 3.43. The highest BCUT2D eigenvalue weighted by Gasteiger charge is 2.50. The molecule has 1 heterocycles. The number of carbonyl (C=O) groups is 1. The molecule has 0 aromatic heterocycles. The number of aliphatic hydroxyl groups is 1. The molecule has 24 heavy (non-hydrogen) atoms. The Kier molecular flexibility index (Phi) is 4.14. The van der Waals surface area contributed by atoms with Gasteiger partial charge in [0.15, 0.2) is 0 Å². The molecule has 2 aliphatic rings. The van der Waals surface area contributed by atoms with Crippen LogP contribution in [-0.4, -0.2) is 29.3 Å². The number of benzene rings is 1. The number of hydrogen-bond donors (Lipinski definition) is 1. The van der Waals surface area contributed by atoms with E-state index in [1.54, 1.807) is 24.0 Å². The van der Waals surface area contributed by atoms with Crippen molar-refractivity contribution in [2.45, 2.75) is 57.2 Å². The molecule has 132 valence electrons. The molecule has 1 aromatic carbocycles. The Morgan fingerprint density at radius 2 is 1.67 bits per heavy atom. The van der Waals surface area contributed by atoms with E-state index in [1.165, 1.54) is 12.1 Å². The lowest BCUT2D eigenvalue weighted by Crippen LogP contribution is -2.42. The molecule has 2 fully saturated rings. The molecule has 0 bridgehead atoms. The van der Waals surface area contributed by atoms with Crippen LogP contribution in [0.2, 0.25) is 0 Å². The van der Waals surface area contributed by atoms with Crippen LogP contribution in [0, 0.1) is 5.41 Å². The fourth-order valence-corrected chi connectivity index (χ4v) is 3.82. The molecule has 1 amide bonds. The van der Waals surface area contributed by atoms with Crippen LogP contribution < -0.4 is 4.90 Å². The Bertz CT molecular complexity index is 612. The average Bonchev–Trinajstić information content (AvgIpc) is 2.80. The Labute approximate surface area is 139 Å². The molecule has 6 heteroatoms. The van der Waals surface area contributed by atoms with Gasteiger partial charge < -0.3 is 10.0 Å². The van der Waals surface area contributed by atoms with E-state index in [4.69, 9.17) is 0 Å². The molecule has 3 rings (SSSR count). The van der Waals surface area contributed by atoms with Gasteiger partial charge >= 0.3 is 6.18 Å². The predicted octanol–water partition coefficient (Wildman–Crippen LogP) is 3.84. The summed E-state index contributed by atoms with van der Waals surface area (Å²) in [4.78, 5) is 14.5. The van der Waals surface area contributed by atoms with Gasteiger partial charge in [0.1, 0.15) is 0 Å². The molecular weight excluding hydrogens is 319 g/mol. The second kappa shape index (κ2) is 5.76. The smallest absolute Gasteiger partial charge is 0.390 e. The van der Waals surface area contributed by atoms with Crippen molar-refractivity contribution in [2.24, 2.45) is 5.41 Å². The summed E-state index contributed by atoms with van der Waals surface area (Å²) in [5.41, 5.74) is -0.258. The number of nitrogens with zero attached hydrogens (tertiary/aromatic N) is 1. The maximum Gasteiger partial charge on any atom is 0.393 e. The van der Waals surface area contributed by atoms with Crippen LogP contribution >= 0.6 is 0 Å². The Hall–Kier alpha value is -1.56.